The first-order valence-corrected chi connectivity index (χ1v) is 8.20. The molecule has 1 fully saturated rings. The summed E-state index contributed by atoms with van der Waals surface area (Å²) in [6, 6.07) is 10.4. The van der Waals surface area contributed by atoms with E-state index in [2.05, 4.69) is 24.0 Å². The van der Waals surface area contributed by atoms with Crippen molar-refractivity contribution in [2.24, 2.45) is 11.1 Å². The number of rotatable bonds is 6. The van der Waals surface area contributed by atoms with Crippen molar-refractivity contribution in [3.63, 3.8) is 0 Å². The van der Waals surface area contributed by atoms with Gasteiger partial charge in [-0.2, -0.15) is 0 Å². The third kappa shape index (κ3) is 4.08. The summed E-state index contributed by atoms with van der Waals surface area (Å²) in [6.07, 6.45) is 3.42. The molecule has 1 aliphatic heterocycles. The van der Waals surface area contributed by atoms with E-state index in [4.69, 9.17) is 10.5 Å². The Bertz CT molecular complexity index is 467. The molecule has 2 N–H and O–H groups in total. The van der Waals surface area contributed by atoms with Gasteiger partial charge in [-0.1, -0.05) is 37.3 Å². The van der Waals surface area contributed by atoms with Gasteiger partial charge in [0.2, 0.25) is 0 Å². The van der Waals surface area contributed by atoms with Crippen LogP contribution in [0.4, 0.5) is 0 Å². The highest BCUT2D eigenvalue weighted by atomic mass is 16.5. The second kappa shape index (κ2) is 7.75. The number of esters is 1. The summed E-state index contributed by atoms with van der Waals surface area (Å²) in [5.41, 5.74) is 6.86. The maximum absolute atomic E-state index is 12.4. The molecule has 0 aliphatic carbocycles. The van der Waals surface area contributed by atoms with Gasteiger partial charge in [0.1, 0.15) is 0 Å². The van der Waals surface area contributed by atoms with E-state index in [1.54, 1.807) is 0 Å². The van der Waals surface area contributed by atoms with Crippen molar-refractivity contribution >= 4 is 5.97 Å². The number of likely N-dealkylation sites (tertiary alicyclic amines) is 1. The van der Waals surface area contributed by atoms with Gasteiger partial charge in [-0.15, -0.1) is 0 Å². The molecule has 4 nitrogen and oxygen atoms in total. The number of methoxy groups -OCH3 is 1. The minimum Gasteiger partial charge on any atom is -0.469 e. The molecule has 22 heavy (non-hydrogen) atoms. The van der Waals surface area contributed by atoms with E-state index in [-0.39, 0.29) is 17.4 Å². The Balaban J connectivity index is 2.05. The van der Waals surface area contributed by atoms with Crippen molar-refractivity contribution in [1.82, 2.24) is 4.90 Å². The molecule has 0 amide bonds. The predicted molar refractivity (Wildman–Crippen MR) is 88.5 cm³/mol. The number of hydrogen-bond acceptors (Lipinski definition) is 4. The van der Waals surface area contributed by atoms with Crippen molar-refractivity contribution in [3.8, 4) is 0 Å². The van der Waals surface area contributed by atoms with E-state index >= 15 is 0 Å². The third-order valence-electron chi connectivity index (χ3n) is 4.83. The van der Waals surface area contributed by atoms with Crippen molar-refractivity contribution in [1.29, 1.82) is 0 Å². The van der Waals surface area contributed by atoms with Gasteiger partial charge in [0.05, 0.1) is 12.5 Å². The second-order valence-corrected chi connectivity index (χ2v) is 6.40. The molecule has 122 valence electrons. The van der Waals surface area contributed by atoms with Crippen LogP contribution in [0.5, 0.6) is 0 Å². The molecule has 4 heteroatoms. The van der Waals surface area contributed by atoms with Crippen LogP contribution in [-0.2, 0) is 16.0 Å². The Labute approximate surface area is 133 Å². The molecule has 1 saturated heterocycles. The lowest BCUT2D eigenvalue weighted by molar-refractivity contribution is -0.156. The Morgan fingerprint density at radius 2 is 1.95 bits per heavy atom. The smallest absolute Gasteiger partial charge is 0.312 e. The molecule has 1 unspecified atom stereocenters. The van der Waals surface area contributed by atoms with Gasteiger partial charge in [-0.25, -0.2) is 0 Å². The summed E-state index contributed by atoms with van der Waals surface area (Å²) < 4.78 is 5.12. The molecule has 0 aromatic heterocycles. The molecule has 1 aliphatic rings. The Kier molecular flexibility index (Phi) is 5.98. The van der Waals surface area contributed by atoms with Crippen LogP contribution in [-0.4, -0.2) is 43.7 Å². The normalized spacial score (nSPS) is 19.6. The summed E-state index contributed by atoms with van der Waals surface area (Å²) in [5, 5.41) is 0. The summed E-state index contributed by atoms with van der Waals surface area (Å²) in [5.74, 6) is -0.0733. The lowest BCUT2D eigenvalue weighted by Gasteiger charge is -2.40. The zero-order valence-electron chi connectivity index (χ0n) is 13.8. The lowest BCUT2D eigenvalue weighted by atomic mass is 9.73. The topological polar surface area (TPSA) is 55.6 Å². The maximum atomic E-state index is 12.4. The quantitative estimate of drug-likeness (QED) is 0.819. The molecule has 1 aromatic rings. The number of carbonyl (C=O) groups is 1. The average molecular weight is 304 g/mol. The van der Waals surface area contributed by atoms with Crippen molar-refractivity contribution in [2.45, 2.75) is 38.6 Å². The van der Waals surface area contributed by atoms with Gasteiger partial charge in [0.25, 0.3) is 0 Å². The first-order chi connectivity index (χ1) is 10.6. The van der Waals surface area contributed by atoms with E-state index in [0.717, 1.165) is 45.3 Å². The van der Waals surface area contributed by atoms with Crippen LogP contribution in [0.25, 0.3) is 0 Å². The minimum absolute atomic E-state index is 0.0733. The molecular weight excluding hydrogens is 276 g/mol. The van der Waals surface area contributed by atoms with Crippen molar-refractivity contribution in [3.05, 3.63) is 35.9 Å². The fraction of sp³-hybridized carbons (Fsp3) is 0.611. The second-order valence-electron chi connectivity index (χ2n) is 6.40. The minimum atomic E-state index is -0.386. The highest BCUT2D eigenvalue weighted by molar-refractivity contribution is 5.77. The van der Waals surface area contributed by atoms with Crippen LogP contribution in [0, 0.1) is 5.41 Å². The number of ether oxygens (including phenoxy) is 1. The zero-order chi connectivity index (χ0) is 16.0. The fourth-order valence-electron chi connectivity index (χ4n) is 3.28. The van der Waals surface area contributed by atoms with Crippen molar-refractivity contribution < 1.29 is 9.53 Å². The van der Waals surface area contributed by atoms with Crippen molar-refractivity contribution in [2.75, 3.05) is 26.7 Å². The largest absolute Gasteiger partial charge is 0.469 e. The summed E-state index contributed by atoms with van der Waals surface area (Å²) in [6.45, 7) is 4.85. The Morgan fingerprint density at radius 1 is 1.32 bits per heavy atom. The highest BCUT2D eigenvalue weighted by Gasteiger charge is 2.42. The van der Waals surface area contributed by atoms with E-state index < -0.39 is 0 Å². The SMILES string of the molecule is CCC(N)CN1CCC(Cc2ccccc2)(C(=O)OC)CC1. The van der Waals surface area contributed by atoms with Gasteiger partial charge in [-0.05, 0) is 44.3 Å². The summed E-state index contributed by atoms with van der Waals surface area (Å²) in [4.78, 5) is 14.8. The van der Waals surface area contributed by atoms with Crippen LogP contribution in [0.3, 0.4) is 0 Å². The third-order valence-corrected chi connectivity index (χ3v) is 4.83. The number of benzene rings is 1. The molecule has 0 bridgehead atoms. The van der Waals surface area contributed by atoms with Gasteiger partial charge in [0, 0.05) is 12.6 Å². The van der Waals surface area contributed by atoms with E-state index in [0.29, 0.717) is 0 Å². The number of nitrogens with zero attached hydrogens (tertiary/aromatic N) is 1. The van der Waals surface area contributed by atoms with Crippen LogP contribution >= 0.6 is 0 Å². The first kappa shape index (κ1) is 17.0. The lowest BCUT2D eigenvalue weighted by Crippen LogP contribution is -2.48. The van der Waals surface area contributed by atoms with E-state index in [9.17, 15) is 4.79 Å². The number of nitrogens with two attached hydrogens (primary N) is 1. The molecule has 0 saturated carbocycles. The molecule has 1 atom stereocenters. The van der Waals surface area contributed by atoms with E-state index in [1.807, 2.05) is 18.2 Å². The Hall–Kier alpha value is -1.39. The van der Waals surface area contributed by atoms with E-state index in [1.165, 1.54) is 12.7 Å². The van der Waals surface area contributed by atoms with Crippen LogP contribution in [0.2, 0.25) is 0 Å². The molecular formula is C18H28N2O2. The number of hydrogen-bond donors (Lipinski definition) is 1. The Morgan fingerprint density at radius 3 is 2.50 bits per heavy atom. The van der Waals surface area contributed by atoms with Gasteiger partial charge < -0.3 is 15.4 Å². The fourth-order valence-corrected chi connectivity index (χ4v) is 3.28. The summed E-state index contributed by atoms with van der Waals surface area (Å²) >= 11 is 0. The van der Waals surface area contributed by atoms with Crippen LogP contribution in [0.1, 0.15) is 31.7 Å². The molecule has 0 radical (unpaired) electrons. The van der Waals surface area contributed by atoms with Gasteiger partial charge in [0.15, 0.2) is 0 Å². The summed E-state index contributed by atoms with van der Waals surface area (Å²) in [7, 11) is 1.49. The number of piperidine rings is 1. The monoisotopic (exact) mass is 304 g/mol. The first-order valence-electron chi connectivity index (χ1n) is 8.20. The average Bonchev–Trinajstić information content (AvgIpc) is 2.56. The maximum Gasteiger partial charge on any atom is 0.312 e. The standard InChI is InChI=1S/C18H28N2O2/c1-3-16(19)14-20-11-9-18(10-12-20,17(21)22-2)13-15-7-5-4-6-8-15/h4-8,16H,3,9-14,19H2,1-2H3. The van der Waals surface area contributed by atoms with Crippen LogP contribution in [0.15, 0.2) is 30.3 Å². The van der Waals surface area contributed by atoms with Gasteiger partial charge >= 0.3 is 5.97 Å². The number of carbonyl (C=O) groups excluding carboxylic acids is 1. The van der Waals surface area contributed by atoms with Crippen LogP contribution < -0.4 is 5.73 Å². The van der Waals surface area contributed by atoms with Gasteiger partial charge in [-0.3, -0.25) is 4.79 Å². The molecule has 1 aromatic carbocycles. The molecule has 0 spiro atoms. The highest BCUT2D eigenvalue weighted by Crippen LogP contribution is 2.36. The predicted octanol–water partition coefficient (Wildman–Crippen LogP) is 2.22. The molecule has 1 heterocycles. The zero-order valence-corrected chi connectivity index (χ0v) is 13.8. The molecule has 2 rings (SSSR count).